The summed E-state index contributed by atoms with van der Waals surface area (Å²) < 4.78 is 5.06. The topological polar surface area (TPSA) is 26.3 Å². The van der Waals surface area contributed by atoms with Gasteiger partial charge in [-0.1, -0.05) is 68.4 Å². The summed E-state index contributed by atoms with van der Waals surface area (Å²) in [6.45, 7) is 4.31. The van der Waals surface area contributed by atoms with Crippen LogP contribution in [-0.4, -0.2) is 13.1 Å². The number of methoxy groups -OCH3 is 1. The van der Waals surface area contributed by atoms with Gasteiger partial charge in [-0.25, -0.2) is 4.79 Å². The molecule has 0 aromatic heterocycles. The van der Waals surface area contributed by atoms with Crippen molar-refractivity contribution in [3.8, 4) is 22.3 Å². The standard InChI is InChI=1S/C21H20O2/c1-14(2)16-10-7-11-17-13-18(15-8-5-4-6-9-15)20(19(17)12-16)21(22)23-3/h4-14H,1-3H3. The van der Waals surface area contributed by atoms with Crippen LogP contribution in [0.3, 0.4) is 0 Å². The molecule has 1 aromatic carbocycles. The maximum Gasteiger partial charge on any atom is 0.339 e. The predicted octanol–water partition coefficient (Wildman–Crippen LogP) is 5.37. The normalized spacial score (nSPS) is 11.0. The Labute approximate surface area is 137 Å². The number of carbonyl (C=O) groups excluding carboxylic acids is 1. The van der Waals surface area contributed by atoms with Gasteiger partial charge < -0.3 is 4.74 Å². The number of hydrogen-bond acceptors (Lipinski definition) is 2. The molecular formula is C21H20O2. The van der Waals surface area contributed by atoms with E-state index in [0.717, 1.165) is 22.3 Å². The van der Waals surface area contributed by atoms with E-state index >= 15 is 0 Å². The summed E-state index contributed by atoms with van der Waals surface area (Å²) in [5.74, 6) is 0.103. The third-order valence-electron chi connectivity index (χ3n) is 4.17. The minimum Gasteiger partial charge on any atom is -0.465 e. The van der Waals surface area contributed by atoms with Gasteiger partial charge in [-0.2, -0.15) is 0 Å². The molecular weight excluding hydrogens is 284 g/mol. The van der Waals surface area contributed by atoms with Gasteiger partial charge in [0.15, 0.2) is 0 Å². The number of carbonyl (C=O) groups is 1. The van der Waals surface area contributed by atoms with Gasteiger partial charge in [0.1, 0.15) is 0 Å². The summed E-state index contributed by atoms with van der Waals surface area (Å²) in [6.07, 6.45) is 0. The van der Waals surface area contributed by atoms with Crippen LogP contribution in [0.15, 0.2) is 60.7 Å². The Balaban J connectivity index is 2.32. The molecule has 0 fully saturated rings. The van der Waals surface area contributed by atoms with Crippen molar-refractivity contribution in [2.45, 2.75) is 19.8 Å². The molecule has 0 atom stereocenters. The SMILES string of the molecule is COC(=O)c1c(-c2ccccc2)cc2cccc(C(C)C)cc1-2. The molecule has 23 heavy (non-hydrogen) atoms. The van der Waals surface area contributed by atoms with Crippen LogP contribution >= 0.6 is 0 Å². The number of ether oxygens (including phenoxy) is 1. The first-order valence-corrected chi connectivity index (χ1v) is 7.82. The molecule has 0 unspecified atom stereocenters. The van der Waals surface area contributed by atoms with E-state index in [1.807, 2.05) is 36.4 Å². The van der Waals surface area contributed by atoms with E-state index in [4.69, 9.17) is 4.74 Å². The molecule has 0 saturated heterocycles. The first-order valence-electron chi connectivity index (χ1n) is 7.82. The fourth-order valence-corrected chi connectivity index (χ4v) is 2.89. The molecule has 0 saturated carbocycles. The molecule has 0 bridgehead atoms. The van der Waals surface area contributed by atoms with E-state index in [1.165, 1.54) is 12.7 Å². The van der Waals surface area contributed by atoms with Gasteiger partial charge in [-0.15, -0.1) is 0 Å². The van der Waals surface area contributed by atoms with Crippen molar-refractivity contribution < 1.29 is 9.53 Å². The quantitative estimate of drug-likeness (QED) is 0.608. The number of rotatable bonds is 3. The molecule has 2 heteroatoms. The molecule has 2 nitrogen and oxygen atoms in total. The molecule has 1 aromatic rings. The van der Waals surface area contributed by atoms with E-state index in [2.05, 4.69) is 38.1 Å². The summed E-state index contributed by atoms with van der Waals surface area (Å²) in [5.41, 5.74) is 5.80. The summed E-state index contributed by atoms with van der Waals surface area (Å²) in [5, 5.41) is 0. The van der Waals surface area contributed by atoms with E-state index < -0.39 is 0 Å². The molecule has 0 amide bonds. The third-order valence-corrected chi connectivity index (χ3v) is 4.17. The zero-order valence-electron chi connectivity index (χ0n) is 13.7. The second-order valence-electron chi connectivity index (χ2n) is 5.98. The third kappa shape index (κ3) is 2.85. The Morgan fingerprint density at radius 1 is 0.870 bits per heavy atom. The Bertz CT molecular complexity index is 803. The predicted molar refractivity (Wildman–Crippen MR) is 93.9 cm³/mol. The highest BCUT2D eigenvalue weighted by molar-refractivity contribution is 6.06. The van der Waals surface area contributed by atoms with Crippen molar-refractivity contribution in [2.24, 2.45) is 0 Å². The lowest BCUT2D eigenvalue weighted by molar-refractivity contribution is 0.0603. The maximum atomic E-state index is 12.4. The van der Waals surface area contributed by atoms with Gasteiger partial charge in [0, 0.05) is 0 Å². The van der Waals surface area contributed by atoms with Crippen molar-refractivity contribution in [3.05, 3.63) is 71.8 Å². The van der Waals surface area contributed by atoms with Crippen LogP contribution in [0.5, 0.6) is 0 Å². The average molecular weight is 304 g/mol. The largest absolute Gasteiger partial charge is 0.465 e. The zero-order chi connectivity index (χ0) is 16.4. The number of fused-ring (bicyclic) bond motifs is 1. The van der Waals surface area contributed by atoms with E-state index in [-0.39, 0.29) is 5.97 Å². The highest BCUT2D eigenvalue weighted by atomic mass is 16.5. The van der Waals surface area contributed by atoms with Gasteiger partial charge in [-0.05, 0) is 39.8 Å². The van der Waals surface area contributed by atoms with E-state index in [9.17, 15) is 4.79 Å². The van der Waals surface area contributed by atoms with Crippen LogP contribution in [0, 0.1) is 0 Å². The van der Waals surface area contributed by atoms with Crippen LogP contribution in [0.25, 0.3) is 22.3 Å². The van der Waals surface area contributed by atoms with Crippen LogP contribution in [-0.2, 0) is 4.74 Å². The van der Waals surface area contributed by atoms with Gasteiger partial charge in [0.25, 0.3) is 0 Å². The molecule has 2 aliphatic carbocycles. The minimum absolute atomic E-state index is 0.292. The smallest absolute Gasteiger partial charge is 0.339 e. The van der Waals surface area contributed by atoms with Crippen molar-refractivity contribution in [3.63, 3.8) is 0 Å². The Morgan fingerprint density at radius 2 is 1.52 bits per heavy atom. The fraction of sp³-hybridized carbons (Fsp3) is 0.190. The number of benzene rings is 1. The van der Waals surface area contributed by atoms with Crippen molar-refractivity contribution in [2.75, 3.05) is 7.11 Å². The van der Waals surface area contributed by atoms with E-state index in [1.54, 1.807) is 0 Å². The first kappa shape index (κ1) is 15.3. The van der Waals surface area contributed by atoms with Gasteiger partial charge in [0.05, 0.1) is 12.7 Å². The highest BCUT2D eigenvalue weighted by Crippen LogP contribution is 2.39. The molecule has 0 N–H and O–H groups in total. The van der Waals surface area contributed by atoms with Crippen LogP contribution in [0.1, 0.15) is 35.7 Å². The minimum atomic E-state index is -0.292. The molecule has 0 radical (unpaired) electrons. The van der Waals surface area contributed by atoms with Crippen LogP contribution in [0.2, 0.25) is 0 Å². The van der Waals surface area contributed by atoms with Gasteiger partial charge in [0.2, 0.25) is 0 Å². The second kappa shape index (κ2) is 6.25. The molecule has 0 spiro atoms. The Morgan fingerprint density at radius 3 is 2.17 bits per heavy atom. The van der Waals surface area contributed by atoms with Crippen molar-refractivity contribution in [1.29, 1.82) is 0 Å². The molecule has 116 valence electrons. The Kier molecular flexibility index (Phi) is 4.16. The molecule has 0 heterocycles. The van der Waals surface area contributed by atoms with Crippen molar-refractivity contribution >= 4 is 5.97 Å². The lowest BCUT2D eigenvalue weighted by Gasteiger charge is -2.06. The lowest BCUT2D eigenvalue weighted by Crippen LogP contribution is -2.02. The summed E-state index contributed by atoms with van der Waals surface area (Å²) in [4.78, 5) is 12.4. The molecule has 3 rings (SSSR count). The zero-order valence-corrected chi connectivity index (χ0v) is 13.7. The summed E-state index contributed by atoms with van der Waals surface area (Å²) in [6, 6.07) is 20.4. The van der Waals surface area contributed by atoms with Gasteiger partial charge in [-0.3, -0.25) is 0 Å². The first-order chi connectivity index (χ1) is 11.1. The van der Waals surface area contributed by atoms with Gasteiger partial charge >= 0.3 is 5.97 Å². The summed E-state index contributed by atoms with van der Waals surface area (Å²) >= 11 is 0. The van der Waals surface area contributed by atoms with E-state index in [0.29, 0.717) is 11.5 Å². The van der Waals surface area contributed by atoms with Crippen LogP contribution in [0.4, 0.5) is 0 Å². The Hall–Kier alpha value is -2.61. The number of esters is 1. The monoisotopic (exact) mass is 304 g/mol. The maximum absolute atomic E-state index is 12.4. The lowest BCUT2D eigenvalue weighted by atomic mass is 10.00. The average Bonchev–Trinajstić information content (AvgIpc) is 2.79. The molecule has 2 aliphatic rings. The van der Waals surface area contributed by atoms with Crippen molar-refractivity contribution in [1.82, 2.24) is 0 Å². The fourth-order valence-electron chi connectivity index (χ4n) is 2.89. The second-order valence-corrected chi connectivity index (χ2v) is 5.98. The summed E-state index contributed by atoms with van der Waals surface area (Å²) in [7, 11) is 1.43. The highest BCUT2D eigenvalue weighted by Gasteiger charge is 2.23. The van der Waals surface area contributed by atoms with Crippen LogP contribution < -0.4 is 0 Å². The number of hydrogen-bond donors (Lipinski definition) is 0. The molecule has 0 aliphatic heterocycles.